The van der Waals surface area contributed by atoms with Gasteiger partial charge in [0.05, 0.1) is 20.3 Å². The van der Waals surface area contributed by atoms with Crippen molar-refractivity contribution < 1.29 is 19.0 Å². The van der Waals surface area contributed by atoms with Crippen LogP contribution in [0.2, 0.25) is 0 Å². The fraction of sp³-hybridized carbons (Fsp3) is 0.682. The number of hydrogen-bond acceptors (Lipinski definition) is 5. The predicted molar refractivity (Wildman–Crippen MR) is 105 cm³/mol. The highest BCUT2D eigenvalue weighted by Gasteiger charge is 2.52. The van der Waals surface area contributed by atoms with Gasteiger partial charge in [0, 0.05) is 48.5 Å². The first-order valence-electron chi connectivity index (χ1n) is 10.5. The van der Waals surface area contributed by atoms with Crippen molar-refractivity contribution in [3.63, 3.8) is 0 Å². The Balaban J connectivity index is 1.37. The van der Waals surface area contributed by atoms with Crippen LogP contribution >= 0.6 is 0 Å². The summed E-state index contributed by atoms with van der Waals surface area (Å²) >= 11 is 0. The first-order valence-corrected chi connectivity index (χ1v) is 10.5. The molecule has 3 fully saturated rings. The molecule has 0 N–H and O–H groups in total. The molecule has 152 valence electrons. The van der Waals surface area contributed by atoms with Crippen molar-refractivity contribution in [3.8, 4) is 11.5 Å². The number of amides is 1. The van der Waals surface area contributed by atoms with E-state index in [4.69, 9.17) is 14.2 Å². The lowest BCUT2D eigenvalue weighted by molar-refractivity contribution is 0.0686. The molecule has 5 rings (SSSR count). The van der Waals surface area contributed by atoms with E-state index in [9.17, 15) is 4.79 Å². The number of likely N-dealkylation sites (tertiary alicyclic amines) is 2. The van der Waals surface area contributed by atoms with Gasteiger partial charge >= 0.3 is 0 Å². The SMILES string of the molecule is COc1cc(C(=O)N2C[C@@H]3COC[C@]3(CN3CCCC3)C2)cc2c1OC(C)C2. The lowest BCUT2D eigenvalue weighted by atomic mass is 9.80. The van der Waals surface area contributed by atoms with Gasteiger partial charge in [-0.2, -0.15) is 0 Å². The minimum atomic E-state index is 0.0957. The van der Waals surface area contributed by atoms with E-state index < -0.39 is 0 Å². The number of methoxy groups -OCH3 is 1. The van der Waals surface area contributed by atoms with Gasteiger partial charge in [-0.05, 0) is 45.0 Å². The molecule has 1 aromatic carbocycles. The minimum Gasteiger partial charge on any atom is -0.493 e. The molecule has 6 heteroatoms. The van der Waals surface area contributed by atoms with Crippen LogP contribution in [0.3, 0.4) is 0 Å². The van der Waals surface area contributed by atoms with Gasteiger partial charge in [0.1, 0.15) is 6.10 Å². The Kier molecular flexibility index (Phi) is 4.51. The molecule has 0 aliphatic carbocycles. The van der Waals surface area contributed by atoms with E-state index in [1.807, 2.05) is 24.0 Å². The quantitative estimate of drug-likeness (QED) is 0.794. The maximum Gasteiger partial charge on any atom is 0.254 e. The van der Waals surface area contributed by atoms with Crippen LogP contribution in [0.15, 0.2) is 12.1 Å². The van der Waals surface area contributed by atoms with E-state index >= 15 is 0 Å². The number of nitrogens with zero attached hydrogens (tertiary/aromatic N) is 2. The number of fused-ring (bicyclic) bond motifs is 2. The summed E-state index contributed by atoms with van der Waals surface area (Å²) in [7, 11) is 1.64. The molecule has 4 aliphatic rings. The lowest BCUT2D eigenvalue weighted by Crippen LogP contribution is -2.42. The van der Waals surface area contributed by atoms with Gasteiger partial charge < -0.3 is 24.0 Å². The van der Waals surface area contributed by atoms with Gasteiger partial charge in [0.25, 0.3) is 5.91 Å². The summed E-state index contributed by atoms with van der Waals surface area (Å²) in [6, 6.07) is 3.85. The Hall–Kier alpha value is -1.79. The third kappa shape index (κ3) is 2.98. The van der Waals surface area contributed by atoms with Crippen molar-refractivity contribution in [2.75, 3.05) is 53.0 Å². The number of carbonyl (C=O) groups is 1. The van der Waals surface area contributed by atoms with E-state index in [-0.39, 0.29) is 17.4 Å². The number of benzene rings is 1. The standard InChI is InChI=1S/C22H30N2O4/c1-15-7-16-8-17(9-19(26-2)20(16)28-15)21(25)24-10-18-11-27-14-22(18,13-24)12-23-5-3-4-6-23/h8-9,15,18H,3-7,10-14H2,1-2H3/t15?,18-,22+/m1/s1. The van der Waals surface area contributed by atoms with Gasteiger partial charge in [0.15, 0.2) is 11.5 Å². The van der Waals surface area contributed by atoms with Crippen molar-refractivity contribution in [2.24, 2.45) is 11.3 Å². The smallest absolute Gasteiger partial charge is 0.254 e. The predicted octanol–water partition coefficient (Wildman–Crippen LogP) is 2.20. The van der Waals surface area contributed by atoms with Crippen molar-refractivity contribution >= 4 is 5.91 Å². The van der Waals surface area contributed by atoms with E-state index in [1.165, 1.54) is 25.9 Å². The molecule has 4 aliphatic heterocycles. The average Bonchev–Trinajstić information content (AvgIpc) is 3.43. The van der Waals surface area contributed by atoms with Gasteiger partial charge in [-0.3, -0.25) is 4.79 Å². The number of rotatable bonds is 4. The molecule has 1 amide bonds. The van der Waals surface area contributed by atoms with Crippen LogP contribution in [-0.2, 0) is 11.2 Å². The summed E-state index contributed by atoms with van der Waals surface area (Å²) in [5.41, 5.74) is 1.88. The second-order valence-corrected chi connectivity index (χ2v) is 9.04. The van der Waals surface area contributed by atoms with Crippen molar-refractivity contribution in [3.05, 3.63) is 23.3 Å². The van der Waals surface area contributed by atoms with E-state index in [0.717, 1.165) is 50.6 Å². The second-order valence-electron chi connectivity index (χ2n) is 9.04. The molecule has 0 spiro atoms. The molecule has 1 unspecified atom stereocenters. The summed E-state index contributed by atoms with van der Waals surface area (Å²) in [5.74, 6) is 2.01. The zero-order chi connectivity index (χ0) is 19.3. The van der Waals surface area contributed by atoms with Crippen LogP contribution in [0.1, 0.15) is 35.7 Å². The average molecular weight is 386 g/mol. The summed E-state index contributed by atoms with van der Waals surface area (Å²) in [4.78, 5) is 18.0. The van der Waals surface area contributed by atoms with Gasteiger partial charge in [-0.1, -0.05) is 0 Å². The molecule has 3 atom stereocenters. The first kappa shape index (κ1) is 18.3. The molecular formula is C22H30N2O4. The Morgan fingerprint density at radius 2 is 2.14 bits per heavy atom. The largest absolute Gasteiger partial charge is 0.493 e. The first-order chi connectivity index (χ1) is 13.6. The topological polar surface area (TPSA) is 51.2 Å². The fourth-order valence-electron chi connectivity index (χ4n) is 5.55. The molecule has 0 radical (unpaired) electrons. The zero-order valence-electron chi connectivity index (χ0n) is 16.9. The van der Waals surface area contributed by atoms with Crippen LogP contribution in [0.25, 0.3) is 0 Å². The highest BCUT2D eigenvalue weighted by atomic mass is 16.5. The monoisotopic (exact) mass is 386 g/mol. The van der Waals surface area contributed by atoms with E-state index in [2.05, 4.69) is 4.90 Å². The normalized spacial score (nSPS) is 31.7. The van der Waals surface area contributed by atoms with Crippen LogP contribution in [0, 0.1) is 11.3 Å². The zero-order valence-corrected chi connectivity index (χ0v) is 16.9. The van der Waals surface area contributed by atoms with Crippen LogP contribution in [0.4, 0.5) is 0 Å². The molecule has 6 nitrogen and oxygen atoms in total. The molecule has 0 saturated carbocycles. The van der Waals surface area contributed by atoms with Crippen LogP contribution < -0.4 is 9.47 Å². The summed E-state index contributed by atoms with van der Waals surface area (Å²) in [6.07, 6.45) is 3.53. The van der Waals surface area contributed by atoms with E-state index in [1.54, 1.807) is 7.11 Å². The maximum absolute atomic E-state index is 13.4. The molecule has 0 aromatic heterocycles. The number of hydrogen-bond donors (Lipinski definition) is 0. The lowest BCUT2D eigenvalue weighted by Gasteiger charge is -2.32. The molecule has 1 aromatic rings. The highest BCUT2D eigenvalue weighted by molar-refractivity contribution is 5.95. The van der Waals surface area contributed by atoms with Crippen molar-refractivity contribution in [1.29, 1.82) is 0 Å². The Morgan fingerprint density at radius 1 is 1.32 bits per heavy atom. The Bertz CT molecular complexity index is 776. The summed E-state index contributed by atoms with van der Waals surface area (Å²) in [5, 5.41) is 0. The van der Waals surface area contributed by atoms with E-state index in [0.29, 0.717) is 17.2 Å². The van der Waals surface area contributed by atoms with Crippen molar-refractivity contribution in [2.45, 2.75) is 32.3 Å². The molecule has 3 saturated heterocycles. The number of ether oxygens (including phenoxy) is 3. The fourth-order valence-corrected chi connectivity index (χ4v) is 5.55. The summed E-state index contributed by atoms with van der Waals surface area (Å²) < 4.78 is 17.3. The van der Waals surface area contributed by atoms with Gasteiger partial charge in [0.2, 0.25) is 0 Å². The third-order valence-corrected chi connectivity index (χ3v) is 6.97. The Morgan fingerprint density at radius 3 is 2.93 bits per heavy atom. The number of carbonyl (C=O) groups excluding carboxylic acids is 1. The minimum absolute atomic E-state index is 0.0957. The van der Waals surface area contributed by atoms with Crippen LogP contribution in [-0.4, -0.2) is 74.9 Å². The van der Waals surface area contributed by atoms with Crippen LogP contribution in [0.5, 0.6) is 11.5 Å². The molecular weight excluding hydrogens is 356 g/mol. The van der Waals surface area contributed by atoms with Gasteiger partial charge in [-0.15, -0.1) is 0 Å². The Labute approximate surface area is 166 Å². The maximum atomic E-state index is 13.4. The molecule has 4 heterocycles. The highest BCUT2D eigenvalue weighted by Crippen LogP contribution is 2.44. The van der Waals surface area contributed by atoms with Gasteiger partial charge in [-0.25, -0.2) is 0 Å². The van der Waals surface area contributed by atoms with Crippen molar-refractivity contribution in [1.82, 2.24) is 9.80 Å². The summed E-state index contributed by atoms with van der Waals surface area (Å²) in [6.45, 7) is 8.60. The second kappa shape index (κ2) is 6.92. The molecule has 28 heavy (non-hydrogen) atoms. The third-order valence-electron chi connectivity index (χ3n) is 6.97. The molecule has 0 bridgehead atoms.